The normalized spacial score (nSPS) is 10.3. The van der Waals surface area contributed by atoms with Crippen LogP contribution in [0.25, 0.3) is 0 Å². The molecule has 0 saturated heterocycles. The summed E-state index contributed by atoms with van der Waals surface area (Å²) in [4.78, 5) is 16.6. The second kappa shape index (κ2) is 8.56. The molecule has 0 saturated carbocycles. The Hall–Kier alpha value is -3.05. The van der Waals surface area contributed by atoms with Gasteiger partial charge in [0.2, 0.25) is 0 Å². The molecule has 0 unspecified atom stereocenters. The summed E-state index contributed by atoms with van der Waals surface area (Å²) in [6.45, 7) is 2.53. The van der Waals surface area contributed by atoms with Crippen molar-refractivity contribution in [2.24, 2.45) is 0 Å². The van der Waals surface area contributed by atoms with Crippen molar-refractivity contribution in [2.45, 2.75) is 13.5 Å². The molecule has 0 atom stereocenters. The molecule has 0 radical (unpaired) electrons. The third-order valence-electron chi connectivity index (χ3n) is 4.09. The van der Waals surface area contributed by atoms with Crippen molar-refractivity contribution in [3.8, 4) is 5.75 Å². The number of halogens is 1. The number of nitrogens with one attached hydrogen (secondary N) is 2. The molecule has 3 rings (SSSR count). The number of carbonyl (C=O) groups excluding carboxylic acids is 1. The number of hydrogen-bond donors (Lipinski definition) is 2. The largest absolute Gasteiger partial charge is 0.497 e. The van der Waals surface area contributed by atoms with Gasteiger partial charge in [-0.2, -0.15) is 0 Å². The Bertz CT molecular complexity index is 942. The maximum absolute atomic E-state index is 12.5. The lowest BCUT2D eigenvalue weighted by atomic mass is 10.2. The van der Waals surface area contributed by atoms with Gasteiger partial charge in [-0.25, -0.2) is 0 Å². The molecule has 0 fully saturated rings. The van der Waals surface area contributed by atoms with E-state index >= 15 is 0 Å². The summed E-state index contributed by atoms with van der Waals surface area (Å²) in [6, 6.07) is 15.0. The van der Waals surface area contributed by atoms with Crippen LogP contribution in [0.5, 0.6) is 5.75 Å². The Balaban J connectivity index is 1.65. The zero-order valence-electron chi connectivity index (χ0n) is 15.1. The van der Waals surface area contributed by atoms with Crippen LogP contribution in [-0.2, 0) is 6.54 Å². The first-order valence-electron chi connectivity index (χ1n) is 8.44. The van der Waals surface area contributed by atoms with Gasteiger partial charge in [-0.05, 0) is 48.4 Å². The van der Waals surface area contributed by atoms with E-state index in [1.54, 1.807) is 25.4 Å². The van der Waals surface area contributed by atoms with Crippen molar-refractivity contribution >= 4 is 28.9 Å². The lowest BCUT2D eigenvalue weighted by Crippen LogP contribution is -2.13. The molecule has 27 heavy (non-hydrogen) atoms. The van der Waals surface area contributed by atoms with Crippen LogP contribution in [0.15, 0.2) is 60.9 Å². The molecule has 2 N–H and O–H groups in total. The van der Waals surface area contributed by atoms with Gasteiger partial charge in [-0.1, -0.05) is 29.8 Å². The third kappa shape index (κ3) is 4.99. The monoisotopic (exact) mass is 381 g/mol. The van der Waals surface area contributed by atoms with Gasteiger partial charge in [-0.3, -0.25) is 9.78 Å². The second-order valence-electron chi connectivity index (χ2n) is 6.08. The molecule has 5 nitrogen and oxygen atoms in total. The lowest BCUT2D eigenvalue weighted by Gasteiger charge is -2.10. The van der Waals surface area contributed by atoms with Crippen LogP contribution >= 0.6 is 11.6 Å². The summed E-state index contributed by atoms with van der Waals surface area (Å²) in [5.74, 6) is 0.575. The van der Waals surface area contributed by atoms with Gasteiger partial charge in [-0.15, -0.1) is 0 Å². The van der Waals surface area contributed by atoms with Gasteiger partial charge in [0.1, 0.15) is 5.75 Å². The average Bonchev–Trinajstić information content (AvgIpc) is 2.70. The summed E-state index contributed by atoms with van der Waals surface area (Å²) < 4.78 is 5.15. The summed E-state index contributed by atoms with van der Waals surface area (Å²) in [5.41, 5.74) is 3.93. The Morgan fingerprint density at radius 2 is 1.85 bits per heavy atom. The molecular formula is C21H20ClN3O2. The number of methoxy groups -OCH3 is 1. The van der Waals surface area contributed by atoms with Crippen molar-refractivity contribution in [2.75, 3.05) is 17.7 Å². The van der Waals surface area contributed by atoms with Crippen LogP contribution in [0.2, 0.25) is 5.02 Å². The summed E-state index contributed by atoms with van der Waals surface area (Å²) in [5, 5.41) is 6.72. The van der Waals surface area contributed by atoms with E-state index in [9.17, 15) is 4.79 Å². The summed E-state index contributed by atoms with van der Waals surface area (Å²) >= 11 is 6.11. The maximum atomic E-state index is 12.5. The van der Waals surface area contributed by atoms with Crippen LogP contribution < -0.4 is 15.4 Å². The molecule has 1 amide bonds. The highest BCUT2D eigenvalue weighted by Crippen LogP contribution is 2.21. The highest BCUT2D eigenvalue weighted by Gasteiger charge is 2.09. The standard InChI is InChI=1S/C21H20ClN3O2/c1-14-3-6-17(10-20(14)22)25-21(26)16-9-18(13-23-12-16)24-11-15-4-7-19(27-2)8-5-15/h3-10,12-13,24H,11H2,1-2H3,(H,25,26). The first-order chi connectivity index (χ1) is 13.0. The summed E-state index contributed by atoms with van der Waals surface area (Å²) in [7, 11) is 1.64. The van der Waals surface area contributed by atoms with Gasteiger partial charge in [0.05, 0.1) is 18.4 Å². The number of aryl methyl sites for hydroxylation is 1. The Morgan fingerprint density at radius 3 is 2.56 bits per heavy atom. The highest BCUT2D eigenvalue weighted by molar-refractivity contribution is 6.31. The molecule has 0 spiro atoms. The van der Waals surface area contributed by atoms with E-state index in [1.807, 2.05) is 43.3 Å². The molecule has 138 valence electrons. The predicted octanol–water partition coefficient (Wildman–Crippen LogP) is 4.92. The first-order valence-corrected chi connectivity index (χ1v) is 8.82. The Morgan fingerprint density at radius 1 is 1.07 bits per heavy atom. The zero-order chi connectivity index (χ0) is 19.2. The van der Waals surface area contributed by atoms with Crippen molar-refractivity contribution in [1.82, 2.24) is 4.98 Å². The van der Waals surface area contributed by atoms with Crippen LogP contribution in [0, 0.1) is 6.92 Å². The van der Waals surface area contributed by atoms with Gasteiger partial charge in [0.25, 0.3) is 5.91 Å². The Kier molecular flexibility index (Phi) is 5.94. The van der Waals surface area contributed by atoms with E-state index in [0.717, 1.165) is 22.6 Å². The van der Waals surface area contributed by atoms with Crippen LogP contribution in [0.1, 0.15) is 21.5 Å². The minimum absolute atomic E-state index is 0.240. The van der Waals surface area contributed by atoms with Crippen molar-refractivity contribution in [3.05, 3.63) is 82.6 Å². The maximum Gasteiger partial charge on any atom is 0.257 e. The number of anilines is 2. The smallest absolute Gasteiger partial charge is 0.257 e. The van der Waals surface area contributed by atoms with E-state index in [0.29, 0.717) is 22.8 Å². The predicted molar refractivity (Wildman–Crippen MR) is 109 cm³/mol. The number of amides is 1. The van der Waals surface area contributed by atoms with Crippen molar-refractivity contribution in [1.29, 1.82) is 0 Å². The molecule has 0 bridgehead atoms. The molecule has 0 aliphatic heterocycles. The van der Waals surface area contributed by atoms with Crippen molar-refractivity contribution < 1.29 is 9.53 Å². The molecule has 3 aromatic rings. The molecule has 1 aromatic heterocycles. The second-order valence-corrected chi connectivity index (χ2v) is 6.49. The number of aromatic nitrogens is 1. The van der Waals surface area contributed by atoms with Crippen LogP contribution in [0.4, 0.5) is 11.4 Å². The van der Waals surface area contributed by atoms with Crippen LogP contribution in [-0.4, -0.2) is 18.0 Å². The van der Waals surface area contributed by atoms with Crippen LogP contribution in [0.3, 0.4) is 0 Å². The lowest BCUT2D eigenvalue weighted by molar-refractivity contribution is 0.102. The quantitative estimate of drug-likeness (QED) is 0.636. The highest BCUT2D eigenvalue weighted by atomic mass is 35.5. The number of carbonyl (C=O) groups is 1. The number of rotatable bonds is 6. The van der Waals surface area contributed by atoms with Gasteiger partial charge >= 0.3 is 0 Å². The summed E-state index contributed by atoms with van der Waals surface area (Å²) in [6.07, 6.45) is 3.22. The SMILES string of the molecule is COc1ccc(CNc2cncc(C(=O)Nc3ccc(C)c(Cl)c3)c2)cc1. The molecule has 0 aliphatic rings. The Labute approximate surface area is 163 Å². The van der Waals surface area contributed by atoms with Gasteiger partial charge in [0, 0.05) is 29.6 Å². The fourth-order valence-corrected chi connectivity index (χ4v) is 2.66. The molecule has 6 heteroatoms. The van der Waals surface area contributed by atoms with E-state index in [-0.39, 0.29) is 5.91 Å². The average molecular weight is 382 g/mol. The number of pyridine rings is 1. The fourth-order valence-electron chi connectivity index (χ4n) is 2.48. The number of nitrogens with zero attached hydrogens (tertiary/aromatic N) is 1. The molecular weight excluding hydrogens is 362 g/mol. The number of ether oxygens (including phenoxy) is 1. The molecule has 2 aromatic carbocycles. The number of hydrogen-bond acceptors (Lipinski definition) is 4. The number of benzene rings is 2. The fraction of sp³-hybridized carbons (Fsp3) is 0.143. The molecule has 1 heterocycles. The van der Waals surface area contributed by atoms with E-state index in [2.05, 4.69) is 15.6 Å². The molecule has 0 aliphatic carbocycles. The zero-order valence-corrected chi connectivity index (χ0v) is 15.9. The van der Waals surface area contributed by atoms with Gasteiger partial charge in [0.15, 0.2) is 0 Å². The van der Waals surface area contributed by atoms with Gasteiger partial charge < -0.3 is 15.4 Å². The topological polar surface area (TPSA) is 63.2 Å². The van der Waals surface area contributed by atoms with E-state index in [4.69, 9.17) is 16.3 Å². The third-order valence-corrected chi connectivity index (χ3v) is 4.49. The minimum atomic E-state index is -0.240. The first kappa shape index (κ1) is 18.7. The minimum Gasteiger partial charge on any atom is -0.497 e. The van der Waals surface area contributed by atoms with Crippen molar-refractivity contribution in [3.63, 3.8) is 0 Å². The van der Waals surface area contributed by atoms with E-state index < -0.39 is 0 Å². The van der Waals surface area contributed by atoms with E-state index in [1.165, 1.54) is 6.20 Å².